The summed E-state index contributed by atoms with van der Waals surface area (Å²) in [6.45, 7) is 18.0. The third-order valence-electron chi connectivity index (χ3n) is 3.37. The first-order valence-electron chi connectivity index (χ1n) is 8.80. The zero-order valence-electron chi connectivity index (χ0n) is 16.8. The van der Waals surface area contributed by atoms with Crippen LogP contribution in [0.4, 0.5) is 9.59 Å². The predicted octanol–water partition coefficient (Wildman–Crippen LogP) is 5.87. The number of carbonyl (C=O) groups excluding carboxylic acids is 2. The monoisotopic (exact) mass is 378 g/mol. The first-order chi connectivity index (χ1) is 10.8. The van der Waals surface area contributed by atoms with Gasteiger partial charge in [0.05, 0.1) is 0 Å². The molecule has 0 bridgehead atoms. The molecule has 6 heteroatoms. The van der Waals surface area contributed by atoms with Crippen molar-refractivity contribution in [1.82, 2.24) is 9.80 Å². The van der Waals surface area contributed by atoms with Crippen LogP contribution in [0.25, 0.3) is 0 Å². The first kappa shape index (κ1) is 25.9. The van der Waals surface area contributed by atoms with Crippen LogP contribution >= 0.6 is 25.3 Å². The van der Waals surface area contributed by atoms with Gasteiger partial charge in [-0.1, -0.05) is 51.9 Å². The molecular formula is C18H38N2O2S2. The Bertz CT molecular complexity index is 352. The molecule has 0 fully saturated rings. The van der Waals surface area contributed by atoms with Crippen LogP contribution in [-0.4, -0.2) is 44.4 Å². The second-order valence-corrected chi connectivity index (χ2v) is 8.70. The maximum absolute atomic E-state index is 11.2. The lowest BCUT2D eigenvalue weighted by atomic mass is 9.97. The van der Waals surface area contributed by atoms with Crippen LogP contribution in [0.1, 0.15) is 81.1 Å². The Hall–Kier alpha value is -0.360. The summed E-state index contributed by atoms with van der Waals surface area (Å²) in [6, 6.07) is 0. The molecule has 0 atom stereocenters. The Balaban J connectivity index is 0. The summed E-state index contributed by atoms with van der Waals surface area (Å²) in [4.78, 5) is 25.8. The highest BCUT2D eigenvalue weighted by atomic mass is 32.1. The number of hydrogen-bond acceptors (Lipinski definition) is 2. The Morgan fingerprint density at radius 1 is 0.750 bits per heavy atom. The van der Waals surface area contributed by atoms with Crippen LogP contribution in [-0.2, 0) is 0 Å². The Morgan fingerprint density at radius 2 is 1.08 bits per heavy atom. The lowest BCUT2D eigenvalue weighted by molar-refractivity contribution is 0.0910. The van der Waals surface area contributed by atoms with Gasteiger partial charge in [0.1, 0.15) is 0 Å². The van der Waals surface area contributed by atoms with Crippen molar-refractivity contribution in [3.8, 4) is 0 Å². The van der Waals surface area contributed by atoms with Crippen molar-refractivity contribution in [3.05, 3.63) is 0 Å². The van der Waals surface area contributed by atoms with Crippen molar-refractivity contribution in [2.75, 3.05) is 13.1 Å². The van der Waals surface area contributed by atoms with Crippen molar-refractivity contribution in [3.63, 3.8) is 0 Å². The van der Waals surface area contributed by atoms with Crippen molar-refractivity contribution >= 4 is 35.7 Å². The summed E-state index contributed by atoms with van der Waals surface area (Å²) < 4.78 is 0. The van der Waals surface area contributed by atoms with Gasteiger partial charge in [-0.3, -0.25) is 9.59 Å². The minimum atomic E-state index is -0.171. The zero-order chi connectivity index (χ0) is 19.6. The van der Waals surface area contributed by atoms with E-state index in [9.17, 15) is 9.59 Å². The van der Waals surface area contributed by atoms with E-state index in [0.29, 0.717) is 0 Å². The maximum atomic E-state index is 11.2. The second kappa shape index (κ2) is 12.1. The van der Waals surface area contributed by atoms with Gasteiger partial charge in [0.15, 0.2) is 0 Å². The van der Waals surface area contributed by atoms with Gasteiger partial charge < -0.3 is 9.80 Å². The third kappa shape index (κ3) is 12.1. The second-order valence-electron chi connectivity index (χ2n) is 7.94. The molecule has 0 N–H and O–H groups in total. The molecule has 144 valence electrons. The highest BCUT2D eigenvalue weighted by molar-refractivity contribution is 7.96. The normalized spacial score (nSPS) is 11.4. The molecule has 0 aromatic heterocycles. The van der Waals surface area contributed by atoms with Crippen LogP contribution in [0.3, 0.4) is 0 Å². The van der Waals surface area contributed by atoms with E-state index in [1.807, 2.05) is 46.4 Å². The molecule has 0 aliphatic heterocycles. The topological polar surface area (TPSA) is 40.6 Å². The Morgan fingerprint density at radius 3 is 1.21 bits per heavy atom. The number of hydrogen-bond donors (Lipinski definition) is 2. The molecule has 0 rings (SSSR count). The fourth-order valence-electron chi connectivity index (χ4n) is 2.58. The molecule has 0 saturated carbocycles. The highest BCUT2D eigenvalue weighted by Crippen LogP contribution is 2.25. The number of amides is 2. The average molecular weight is 379 g/mol. The van der Waals surface area contributed by atoms with Gasteiger partial charge in [0.2, 0.25) is 0 Å². The Kier molecular flexibility index (Phi) is 13.0. The van der Waals surface area contributed by atoms with E-state index in [1.165, 1.54) is 0 Å². The molecular weight excluding hydrogens is 340 g/mol. The molecule has 0 spiro atoms. The van der Waals surface area contributed by atoms with E-state index >= 15 is 0 Å². The zero-order valence-corrected chi connectivity index (χ0v) is 18.6. The van der Waals surface area contributed by atoms with Gasteiger partial charge in [-0.05, 0) is 54.4 Å². The summed E-state index contributed by atoms with van der Waals surface area (Å²) in [5.41, 5.74) is -0.339. The summed E-state index contributed by atoms with van der Waals surface area (Å²) >= 11 is 7.69. The van der Waals surface area contributed by atoms with Crippen molar-refractivity contribution in [1.29, 1.82) is 0 Å². The van der Waals surface area contributed by atoms with Crippen LogP contribution in [0.5, 0.6) is 0 Å². The van der Waals surface area contributed by atoms with Crippen molar-refractivity contribution in [2.24, 2.45) is 0 Å². The minimum absolute atomic E-state index is 0.0862. The predicted molar refractivity (Wildman–Crippen MR) is 111 cm³/mol. The number of thiol groups is 2. The molecule has 0 aromatic rings. The molecule has 0 heterocycles. The molecule has 24 heavy (non-hydrogen) atoms. The van der Waals surface area contributed by atoms with E-state index in [0.717, 1.165) is 38.8 Å². The van der Waals surface area contributed by atoms with E-state index in [1.54, 1.807) is 4.90 Å². The molecule has 0 aromatic carbocycles. The number of nitrogens with zero attached hydrogens (tertiary/aromatic N) is 2. The number of carbonyl (C=O) groups is 2. The largest absolute Gasteiger partial charge is 0.334 e. The van der Waals surface area contributed by atoms with Crippen LogP contribution in [0, 0.1) is 0 Å². The molecule has 0 aliphatic carbocycles. The fourth-order valence-corrected chi connectivity index (χ4v) is 3.38. The third-order valence-corrected chi connectivity index (χ3v) is 3.85. The van der Waals surface area contributed by atoms with Crippen molar-refractivity contribution < 1.29 is 9.59 Å². The SMILES string of the molecule is CC(C)(C)N(C(=O)S)C(C)(C)C.CCCCN(CCCC)C(=O)S. The smallest absolute Gasteiger partial charge is 0.279 e. The molecule has 2 amide bonds. The lowest BCUT2D eigenvalue weighted by Crippen LogP contribution is -2.53. The van der Waals surface area contributed by atoms with Gasteiger partial charge in [0, 0.05) is 24.2 Å². The van der Waals surface area contributed by atoms with Gasteiger partial charge in [-0.25, -0.2) is 0 Å². The van der Waals surface area contributed by atoms with E-state index in [2.05, 4.69) is 39.1 Å². The fraction of sp³-hybridized carbons (Fsp3) is 0.889. The minimum Gasteiger partial charge on any atom is -0.334 e. The maximum Gasteiger partial charge on any atom is 0.279 e. The van der Waals surface area contributed by atoms with Gasteiger partial charge in [0.25, 0.3) is 10.5 Å². The molecule has 4 nitrogen and oxygen atoms in total. The lowest BCUT2D eigenvalue weighted by Gasteiger charge is -2.44. The number of unbranched alkanes of at least 4 members (excludes halogenated alkanes) is 2. The highest BCUT2D eigenvalue weighted by Gasteiger charge is 2.33. The molecule has 0 unspecified atom stereocenters. The van der Waals surface area contributed by atoms with Gasteiger partial charge in [-0.15, -0.1) is 0 Å². The van der Waals surface area contributed by atoms with E-state index in [-0.39, 0.29) is 21.6 Å². The Labute approximate surface area is 160 Å². The number of rotatable bonds is 6. The molecule has 0 radical (unpaired) electrons. The summed E-state index contributed by atoms with van der Waals surface area (Å²) in [5, 5.41) is -0.257. The van der Waals surface area contributed by atoms with Crippen LogP contribution in [0.2, 0.25) is 0 Å². The quantitative estimate of drug-likeness (QED) is 0.567. The van der Waals surface area contributed by atoms with Gasteiger partial charge >= 0.3 is 0 Å². The van der Waals surface area contributed by atoms with Crippen molar-refractivity contribution in [2.45, 2.75) is 92.2 Å². The summed E-state index contributed by atoms with van der Waals surface area (Å²) in [5.74, 6) is 0. The van der Waals surface area contributed by atoms with Crippen LogP contribution < -0.4 is 0 Å². The summed E-state index contributed by atoms with van der Waals surface area (Å²) in [7, 11) is 0. The first-order valence-corrected chi connectivity index (χ1v) is 9.69. The van der Waals surface area contributed by atoms with Crippen LogP contribution in [0.15, 0.2) is 0 Å². The van der Waals surface area contributed by atoms with Gasteiger partial charge in [-0.2, -0.15) is 0 Å². The molecule has 0 aliphatic rings. The van der Waals surface area contributed by atoms with E-state index < -0.39 is 0 Å². The molecule has 0 saturated heterocycles. The summed E-state index contributed by atoms with van der Waals surface area (Å²) in [6.07, 6.45) is 4.42. The van der Waals surface area contributed by atoms with E-state index in [4.69, 9.17) is 0 Å². The average Bonchev–Trinajstić information content (AvgIpc) is 2.34. The standard InChI is InChI=1S/2C9H19NOS/c1-8(2,3)10(7(11)12)9(4,5)6;1-3-5-7-10(9(11)12)8-6-4-2/h1-6H3,(H,11,12);3-8H2,1-2H3,(H,11,12).